The van der Waals surface area contributed by atoms with Crippen LogP contribution in [0.25, 0.3) is 22.5 Å². The van der Waals surface area contributed by atoms with Crippen LogP contribution in [0.5, 0.6) is 11.5 Å². The molecule has 0 spiro atoms. The Morgan fingerprint density at radius 1 is 0.833 bits per heavy atom. The fourth-order valence-electron chi connectivity index (χ4n) is 4.09. The van der Waals surface area contributed by atoms with Gasteiger partial charge >= 0.3 is 0 Å². The van der Waals surface area contributed by atoms with E-state index in [9.17, 15) is 5.26 Å². The summed E-state index contributed by atoms with van der Waals surface area (Å²) in [4.78, 5) is 6.87. The van der Waals surface area contributed by atoms with Gasteiger partial charge in [-0.15, -0.1) is 0 Å². The van der Waals surface area contributed by atoms with Crippen molar-refractivity contribution in [2.75, 3.05) is 32.2 Å². The molecule has 0 amide bonds. The fraction of sp³-hybridized carbons (Fsp3) is 0.200. The van der Waals surface area contributed by atoms with Gasteiger partial charge < -0.3 is 18.8 Å². The molecule has 0 saturated heterocycles. The third-order valence-corrected chi connectivity index (χ3v) is 6.08. The van der Waals surface area contributed by atoms with Crippen molar-refractivity contribution >= 4 is 17.8 Å². The summed E-state index contributed by atoms with van der Waals surface area (Å²) >= 11 is 0. The van der Waals surface area contributed by atoms with Gasteiger partial charge in [-0.1, -0.05) is 24.3 Å². The minimum atomic E-state index is 0.266. The van der Waals surface area contributed by atoms with Gasteiger partial charge in [0.25, 0.3) is 0 Å². The van der Waals surface area contributed by atoms with Gasteiger partial charge in [0.1, 0.15) is 28.9 Å². The van der Waals surface area contributed by atoms with Crippen molar-refractivity contribution in [3.05, 3.63) is 83.9 Å². The first-order valence-corrected chi connectivity index (χ1v) is 11.9. The highest BCUT2D eigenvalue weighted by atomic mass is 16.5. The SMILES string of the molecule is CCN(CC)c1ccc(C=Nc2oc(-c3ccc(OC)cc3)c(-c3ccc(OC)cc3)c2C#N)cc1. The minimum Gasteiger partial charge on any atom is -0.497 e. The molecule has 4 aromatic rings. The summed E-state index contributed by atoms with van der Waals surface area (Å²) in [6.45, 7) is 6.17. The Labute approximate surface area is 212 Å². The van der Waals surface area contributed by atoms with Gasteiger partial charge in [-0.25, -0.2) is 4.99 Å². The number of hydrogen-bond acceptors (Lipinski definition) is 6. The monoisotopic (exact) mass is 479 g/mol. The Morgan fingerprint density at radius 3 is 1.89 bits per heavy atom. The van der Waals surface area contributed by atoms with E-state index in [1.165, 1.54) is 0 Å². The van der Waals surface area contributed by atoms with Gasteiger partial charge in [0, 0.05) is 36.1 Å². The third-order valence-electron chi connectivity index (χ3n) is 6.08. The third kappa shape index (κ3) is 5.11. The molecular formula is C30H29N3O3. The van der Waals surface area contributed by atoms with E-state index < -0.39 is 0 Å². The molecule has 0 bridgehead atoms. The molecule has 0 atom stereocenters. The highest BCUT2D eigenvalue weighted by Gasteiger charge is 2.23. The molecule has 3 aromatic carbocycles. The largest absolute Gasteiger partial charge is 0.497 e. The second-order valence-electron chi connectivity index (χ2n) is 8.08. The number of furan rings is 1. The molecule has 6 nitrogen and oxygen atoms in total. The van der Waals surface area contributed by atoms with Crippen LogP contribution in [-0.2, 0) is 0 Å². The number of ether oxygens (including phenoxy) is 2. The molecule has 0 unspecified atom stereocenters. The lowest BCUT2D eigenvalue weighted by Crippen LogP contribution is -2.21. The van der Waals surface area contributed by atoms with E-state index in [2.05, 4.69) is 41.9 Å². The molecule has 1 heterocycles. The molecule has 0 fully saturated rings. The molecule has 1 aromatic heterocycles. The lowest BCUT2D eigenvalue weighted by atomic mass is 9.98. The zero-order valence-electron chi connectivity index (χ0n) is 21.0. The average Bonchev–Trinajstić information content (AvgIpc) is 3.31. The maximum absolute atomic E-state index is 10.1. The van der Waals surface area contributed by atoms with Gasteiger partial charge in [-0.3, -0.25) is 0 Å². The number of nitrogens with zero attached hydrogens (tertiary/aromatic N) is 3. The van der Waals surface area contributed by atoms with Crippen LogP contribution in [0.2, 0.25) is 0 Å². The number of aliphatic imine (C=N–C) groups is 1. The average molecular weight is 480 g/mol. The van der Waals surface area contributed by atoms with E-state index in [-0.39, 0.29) is 5.88 Å². The summed E-state index contributed by atoms with van der Waals surface area (Å²) in [5.41, 5.74) is 4.81. The van der Waals surface area contributed by atoms with Crippen LogP contribution in [0, 0.1) is 11.3 Å². The summed E-state index contributed by atoms with van der Waals surface area (Å²) in [6.07, 6.45) is 1.72. The second-order valence-corrected chi connectivity index (χ2v) is 8.08. The molecule has 36 heavy (non-hydrogen) atoms. The number of nitriles is 1. The quantitative estimate of drug-likeness (QED) is 0.239. The number of anilines is 1. The summed E-state index contributed by atoms with van der Waals surface area (Å²) in [5.74, 6) is 2.31. The van der Waals surface area contributed by atoms with Crippen molar-refractivity contribution < 1.29 is 13.9 Å². The number of benzene rings is 3. The Balaban J connectivity index is 1.77. The summed E-state index contributed by atoms with van der Waals surface area (Å²) in [5, 5.41) is 10.1. The van der Waals surface area contributed by atoms with E-state index >= 15 is 0 Å². The fourth-order valence-corrected chi connectivity index (χ4v) is 4.09. The van der Waals surface area contributed by atoms with Crippen LogP contribution in [0.15, 0.2) is 82.2 Å². The van der Waals surface area contributed by atoms with Crippen LogP contribution in [-0.4, -0.2) is 33.5 Å². The zero-order valence-corrected chi connectivity index (χ0v) is 21.0. The first-order valence-electron chi connectivity index (χ1n) is 11.9. The zero-order chi connectivity index (χ0) is 25.5. The molecule has 182 valence electrons. The lowest BCUT2D eigenvalue weighted by Gasteiger charge is -2.20. The van der Waals surface area contributed by atoms with Crippen LogP contribution >= 0.6 is 0 Å². The Hall–Kier alpha value is -4.50. The first kappa shape index (κ1) is 24.6. The molecule has 0 aliphatic carbocycles. The van der Waals surface area contributed by atoms with E-state index in [0.717, 1.165) is 47.0 Å². The highest BCUT2D eigenvalue weighted by molar-refractivity contribution is 5.90. The van der Waals surface area contributed by atoms with Crippen LogP contribution in [0.3, 0.4) is 0 Å². The van der Waals surface area contributed by atoms with Crippen molar-refractivity contribution in [2.45, 2.75) is 13.8 Å². The molecule has 0 radical (unpaired) electrons. The van der Waals surface area contributed by atoms with Crippen LogP contribution in [0.4, 0.5) is 11.6 Å². The molecule has 0 N–H and O–H groups in total. The minimum absolute atomic E-state index is 0.266. The molecule has 4 rings (SSSR count). The van der Waals surface area contributed by atoms with Gasteiger partial charge in [-0.2, -0.15) is 5.26 Å². The van der Waals surface area contributed by atoms with Crippen molar-refractivity contribution in [1.29, 1.82) is 5.26 Å². The molecular weight excluding hydrogens is 450 g/mol. The smallest absolute Gasteiger partial charge is 0.238 e. The van der Waals surface area contributed by atoms with E-state index in [4.69, 9.17) is 13.9 Å². The predicted octanol–water partition coefficient (Wildman–Crippen LogP) is 7.10. The summed E-state index contributed by atoms with van der Waals surface area (Å²) in [6, 6.07) is 25.6. The van der Waals surface area contributed by atoms with Crippen LogP contribution in [0.1, 0.15) is 25.0 Å². The maximum atomic E-state index is 10.1. The first-order chi connectivity index (χ1) is 17.6. The molecule has 6 heteroatoms. The topological polar surface area (TPSA) is 71.0 Å². The van der Waals surface area contributed by atoms with Crippen LogP contribution < -0.4 is 14.4 Å². The number of rotatable bonds is 9. The predicted molar refractivity (Wildman–Crippen MR) is 145 cm³/mol. The van der Waals surface area contributed by atoms with E-state index in [0.29, 0.717) is 16.9 Å². The molecule has 0 aliphatic rings. The summed E-state index contributed by atoms with van der Waals surface area (Å²) < 4.78 is 16.8. The van der Waals surface area contributed by atoms with Crippen molar-refractivity contribution in [3.8, 4) is 40.0 Å². The normalized spacial score (nSPS) is 10.9. The second kappa shape index (κ2) is 11.3. The standard InChI is InChI=1S/C30H29N3O3/c1-5-33(6-2)24-13-7-21(8-14-24)20-32-30-27(19-31)28(22-9-15-25(34-3)16-10-22)29(36-30)23-11-17-26(35-4)18-12-23/h7-18,20H,5-6H2,1-4H3. The van der Waals surface area contributed by atoms with Gasteiger partial charge in [0.2, 0.25) is 5.88 Å². The molecule has 0 saturated carbocycles. The highest BCUT2D eigenvalue weighted by Crippen LogP contribution is 2.43. The van der Waals surface area contributed by atoms with Gasteiger partial charge in [-0.05, 0) is 73.5 Å². The van der Waals surface area contributed by atoms with Crippen molar-refractivity contribution in [1.82, 2.24) is 0 Å². The number of methoxy groups -OCH3 is 2. The number of hydrogen-bond donors (Lipinski definition) is 0. The Morgan fingerprint density at radius 2 is 1.39 bits per heavy atom. The maximum Gasteiger partial charge on any atom is 0.238 e. The van der Waals surface area contributed by atoms with E-state index in [1.54, 1.807) is 20.4 Å². The Kier molecular flexibility index (Phi) is 7.72. The van der Waals surface area contributed by atoms with Gasteiger partial charge in [0.15, 0.2) is 0 Å². The van der Waals surface area contributed by atoms with Crippen molar-refractivity contribution in [3.63, 3.8) is 0 Å². The van der Waals surface area contributed by atoms with E-state index in [1.807, 2.05) is 60.7 Å². The Bertz CT molecular complexity index is 1360. The van der Waals surface area contributed by atoms with Gasteiger partial charge in [0.05, 0.1) is 14.2 Å². The molecule has 0 aliphatic heterocycles. The summed E-state index contributed by atoms with van der Waals surface area (Å²) in [7, 11) is 3.25. The lowest BCUT2D eigenvalue weighted by molar-refractivity contribution is 0.414. The van der Waals surface area contributed by atoms with Crippen molar-refractivity contribution in [2.24, 2.45) is 4.99 Å².